The monoisotopic (exact) mass is 226 g/mol. The van der Waals surface area contributed by atoms with Crippen molar-refractivity contribution >= 4 is 17.0 Å². The van der Waals surface area contributed by atoms with Gasteiger partial charge in [0.25, 0.3) is 0 Å². The largest absolute Gasteiger partial charge is 0.347 e. The molecule has 0 spiro atoms. The molecule has 6 heteroatoms. The van der Waals surface area contributed by atoms with Crippen LogP contribution in [0.1, 0.15) is 5.69 Å². The first-order chi connectivity index (χ1) is 8.42. The number of nitrogens with one attached hydrogen (secondary N) is 2. The average molecular weight is 226 g/mol. The van der Waals surface area contributed by atoms with E-state index in [1.807, 2.05) is 24.3 Å². The molecule has 3 rings (SSSR count). The second-order valence-corrected chi connectivity index (χ2v) is 3.55. The van der Waals surface area contributed by atoms with Crippen molar-refractivity contribution in [3.63, 3.8) is 0 Å². The lowest BCUT2D eigenvalue weighted by atomic mass is 10.3. The first-order valence-corrected chi connectivity index (χ1v) is 5.22. The van der Waals surface area contributed by atoms with Crippen LogP contribution in [0.2, 0.25) is 0 Å². The number of H-pyrrole nitrogens is 1. The fourth-order valence-corrected chi connectivity index (χ4v) is 1.51. The summed E-state index contributed by atoms with van der Waals surface area (Å²) < 4.78 is 0. The van der Waals surface area contributed by atoms with Crippen LogP contribution in [0, 0.1) is 0 Å². The number of anilines is 1. The first kappa shape index (κ1) is 9.71. The van der Waals surface area contributed by atoms with Crippen LogP contribution in [0.4, 0.5) is 5.95 Å². The molecular formula is C11H10N6. The van der Waals surface area contributed by atoms with Gasteiger partial charge in [-0.05, 0) is 12.1 Å². The molecule has 0 amide bonds. The van der Waals surface area contributed by atoms with Gasteiger partial charge < -0.3 is 10.3 Å². The van der Waals surface area contributed by atoms with Crippen LogP contribution in [0.15, 0.2) is 36.8 Å². The van der Waals surface area contributed by atoms with Crippen molar-refractivity contribution in [2.45, 2.75) is 6.54 Å². The Morgan fingerprint density at radius 1 is 1.12 bits per heavy atom. The zero-order valence-corrected chi connectivity index (χ0v) is 8.96. The van der Waals surface area contributed by atoms with E-state index in [-0.39, 0.29) is 0 Å². The van der Waals surface area contributed by atoms with E-state index in [2.05, 4.69) is 30.5 Å². The number of hydrogen-bond acceptors (Lipinski definition) is 5. The number of aromatic nitrogens is 5. The highest BCUT2D eigenvalue weighted by atomic mass is 15.2. The molecule has 0 radical (unpaired) electrons. The van der Waals surface area contributed by atoms with Gasteiger partial charge in [0.15, 0.2) is 0 Å². The molecule has 0 aliphatic heterocycles. The van der Waals surface area contributed by atoms with Gasteiger partial charge in [0, 0.05) is 6.20 Å². The van der Waals surface area contributed by atoms with Gasteiger partial charge in [-0.1, -0.05) is 12.1 Å². The van der Waals surface area contributed by atoms with Gasteiger partial charge in [0.2, 0.25) is 5.95 Å². The van der Waals surface area contributed by atoms with Crippen LogP contribution in [0.5, 0.6) is 0 Å². The van der Waals surface area contributed by atoms with E-state index in [1.54, 1.807) is 12.5 Å². The third-order valence-corrected chi connectivity index (χ3v) is 2.35. The van der Waals surface area contributed by atoms with E-state index in [0.29, 0.717) is 12.5 Å². The summed E-state index contributed by atoms with van der Waals surface area (Å²) in [6, 6.07) is 7.63. The van der Waals surface area contributed by atoms with Crippen LogP contribution < -0.4 is 5.32 Å². The number of aromatic amines is 1. The molecule has 0 aliphatic rings. The lowest BCUT2D eigenvalue weighted by Gasteiger charge is -2.02. The Bertz CT molecular complexity index is 619. The number of benzene rings is 1. The highest BCUT2D eigenvalue weighted by Gasteiger charge is 2.00. The molecule has 0 bridgehead atoms. The molecule has 2 N–H and O–H groups in total. The molecule has 3 aromatic rings. The molecule has 84 valence electrons. The Morgan fingerprint density at radius 3 is 2.82 bits per heavy atom. The van der Waals surface area contributed by atoms with Crippen LogP contribution in [0.3, 0.4) is 0 Å². The molecule has 0 fully saturated rings. The molecule has 6 nitrogen and oxygen atoms in total. The van der Waals surface area contributed by atoms with Gasteiger partial charge in [0.05, 0.1) is 24.1 Å². The SMILES string of the molecule is c1ccc2nc(NCc3cnc[nH]3)nnc2c1. The summed E-state index contributed by atoms with van der Waals surface area (Å²) in [6.45, 7) is 0.597. The lowest BCUT2D eigenvalue weighted by Crippen LogP contribution is -2.05. The summed E-state index contributed by atoms with van der Waals surface area (Å²) in [4.78, 5) is 11.3. The maximum absolute atomic E-state index is 4.36. The lowest BCUT2D eigenvalue weighted by molar-refractivity contribution is 0.969. The zero-order valence-electron chi connectivity index (χ0n) is 8.96. The molecule has 2 heterocycles. The van der Waals surface area contributed by atoms with Crippen LogP contribution in [-0.2, 0) is 6.54 Å². The number of fused-ring (bicyclic) bond motifs is 1. The Hall–Kier alpha value is -2.50. The van der Waals surface area contributed by atoms with Gasteiger partial charge in [0.1, 0.15) is 5.52 Å². The van der Waals surface area contributed by atoms with Gasteiger partial charge in [-0.2, -0.15) is 0 Å². The molecule has 0 aliphatic carbocycles. The van der Waals surface area contributed by atoms with Crippen molar-refractivity contribution in [3.8, 4) is 0 Å². The summed E-state index contributed by atoms with van der Waals surface area (Å²) in [5, 5.41) is 11.2. The van der Waals surface area contributed by atoms with E-state index in [4.69, 9.17) is 0 Å². The second-order valence-electron chi connectivity index (χ2n) is 3.55. The number of imidazole rings is 1. The maximum Gasteiger partial charge on any atom is 0.243 e. The van der Waals surface area contributed by atoms with Crippen molar-refractivity contribution < 1.29 is 0 Å². The standard InChI is InChI=1S/C11H10N6/c1-2-4-10-9(3-1)15-11(17-16-10)13-6-8-5-12-7-14-8/h1-5,7H,6H2,(H,12,14)(H,13,15,17). The fourth-order valence-electron chi connectivity index (χ4n) is 1.51. The fraction of sp³-hybridized carbons (Fsp3) is 0.0909. The van der Waals surface area contributed by atoms with Gasteiger partial charge in [-0.15, -0.1) is 10.2 Å². The Kier molecular flexibility index (Phi) is 2.38. The van der Waals surface area contributed by atoms with Crippen LogP contribution in [0.25, 0.3) is 11.0 Å². The molecule has 0 atom stereocenters. The minimum atomic E-state index is 0.512. The minimum Gasteiger partial charge on any atom is -0.347 e. The van der Waals surface area contributed by atoms with Crippen molar-refractivity contribution in [3.05, 3.63) is 42.5 Å². The molecule has 1 aromatic carbocycles. The quantitative estimate of drug-likeness (QED) is 0.705. The summed E-state index contributed by atoms with van der Waals surface area (Å²) in [6.07, 6.45) is 3.39. The van der Waals surface area contributed by atoms with E-state index >= 15 is 0 Å². The van der Waals surface area contributed by atoms with Crippen molar-refractivity contribution in [2.24, 2.45) is 0 Å². The summed E-state index contributed by atoms with van der Waals surface area (Å²) >= 11 is 0. The van der Waals surface area contributed by atoms with Gasteiger partial charge >= 0.3 is 0 Å². The maximum atomic E-state index is 4.36. The second kappa shape index (κ2) is 4.17. The average Bonchev–Trinajstić information content (AvgIpc) is 2.89. The topological polar surface area (TPSA) is 79.4 Å². The molecule has 0 saturated carbocycles. The zero-order chi connectivity index (χ0) is 11.5. The van der Waals surface area contributed by atoms with E-state index in [1.165, 1.54) is 0 Å². The van der Waals surface area contributed by atoms with Gasteiger partial charge in [-0.25, -0.2) is 9.97 Å². The third kappa shape index (κ3) is 2.05. The normalized spacial score (nSPS) is 10.6. The molecule has 0 saturated heterocycles. The molecule has 17 heavy (non-hydrogen) atoms. The number of hydrogen-bond donors (Lipinski definition) is 2. The van der Waals surface area contributed by atoms with Crippen molar-refractivity contribution in [1.29, 1.82) is 0 Å². The van der Waals surface area contributed by atoms with Crippen molar-refractivity contribution in [2.75, 3.05) is 5.32 Å². The third-order valence-electron chi connectivity index (χ3n) is 2.35. The Balaban J connectivity index is 1.81. The van der Waals surface area contributed by atoms with Crippen LogP contribution in [-0.4, -0.2) is 25.1 Å². The molecule has 2 aromatic heterocycles. The molecule has 0 unspecified atom stereocenters. The smallest absolute Gasteiger partial charge is 0.243 e. The van der Waals surface area contributed by atoms with Crippen molar-refractivity contribution in [1.82, 2.24) is 25.1 Å². The van der Waals surface area contributed by atoms with E-state index in [9.17, 15) is 0 Å². The number of para-hydroxylation sites is 1. The highest BCUT2D eigenvalue weighted by Crippen LogP contribution is 2.09. The Labute approximate surface area is 97.1 Å². The summed E-state index contributed by atoms with van der Waals surface area (Å²) in [5.41, 5.74) is 2.59. The Morgan fingerprint density at radius 2 is 2.00 bits per heavy atom. The van der Waals surface area contributed by atoms with E-state index < -0.39 is 0 Å². The number of nitrogens with zero attached hydrogens (tertiary/aromatic N) is 4. The first-order valence-electron chi connectivity index (χ1n) is 5.22. The summed E-state index contributed by atoms with van der Waals surface area (Å²) in [7, 11) is 0. The highest BCUT2D eigenvalue weighted by molar-refractivity contribution is 5.73. The predicted octanol–water partition coefficient (Wildman–Crippen LogP) is 1.36. The summed E-state index contributed by atoms with van der Waals surface area (Å²) in [5.74, 6) is 0.512. The van der Waals surface area contributed by atoms with Crippen LogP contribution >= 0.6 is 0 Å². The molecular weight excluding hydrogens is 216 g/mol. The van der Waals surface area contributed by atoms with Gasteiger partial charge in [-0.3, -0.25) is 0 Å². The predicted molar refractivity (Wildman–Crippen MR) is 63.2 cm³/mol. The van der Waals surface area contributed by atoms with E-state index in [0.717, 1.165) is 16.7 Å². The minimum absolute atomic E-state index is 0.512. The number of rotatable bonds is 3.